The van der Waals surface area contributed by atoms with Crippen molar-refractivity contribution in [2.24, 2.45) is 0 Å². The van der Waals surface area contributed by atoms with E-state index in [9.17, 15) is 23.2 Å². The van der Waals surface area contributed by atoms with Gasteiger partial charge < -0.3 is 14.8 Å². The van der Waals surface area contributed by atoms with E-state index in [0.29, 0.717) is 9.76 Å². The Bertz CT molecular complexity index is 992. The van der Waals surface area contributed by atoms with Crippen LogP contribution in [0.15, 0.2) is 64.6 Å². The van der Waals surface area contributed by atoms with Crippen LogP contribution in [-0.2, 0) is 24.3 Å². The Morgan fingerprint density at radius 2 is 1.70 bits per heavy atom. The van der Waals surface area contributed by atoms with Gasteiger partial charge in [0.2, 0.25) is 10.0 Å². The number of benzene rings is 1. The van der Waals surface area contributed by atoms with Gasteiger partial charge in [-0.05, 0) is 30.0 Å². The number of ether oxygens (including phenoxy) is 1. The van der Waals surface area contributed by atoms with Crippen molar-refractivity contribution in [3.05, 3.63) is 59.9 Å². The largest absolute Gasteiger partial charge is 0.618 e. The molecule has 1 aliphatic rings. The Morgan fingerprint density at radius 1 is 1.03 bits per heavy atom. The number of rotatable bonds is 7. The van der Waals surface area contributed by atoms with Crippen LogP contribution in [0.25, 0.3) is 0 Å². The lowest BCUT2D eigenvalue weighted by Gasteiger charge is -2.33. The zero-order valence-electron chi connectivity index (χ0n) is 16.0. The number of nitrogens with zero attached hydrogens (tertiary/aromatic N) is 3. The summed E-state index contributed by atoms with van der Waals surface area (Å²) in [6.45, 7) is 0.361. The Labute approximate surface area is 178 Å². The zero-order chi connectivity index (χ0) is 21.6. The number of hydrogen-bond acceptors (Lipinski definition) is 7. The summed E-state index contributed by atoms with van der Waals surface area (Å²) in [5, 5.41) is 11.9. The zero-order valence-corrected chi connectivity index (χ0v) is 17.7. The highest BCUT2D eigenvalue weighted by molar-refractivity contribution is 7.99. The van der Waals surface area contributed by atoms with E-state index in [0.717, 1.165) is 11.8 Å². The number of aromatic nitrogens is 1. The van der Waals surface area contributed by atoms with Crippen LogP contribution in [0.1, 0.15) is 0 Å². The van der Waals surface area contributed by atoms with Gasteiger partial charge >= 0.3 is 5.97 Å². The molecule has 1 aliphatic heterocycles. The molecular weight excluding hydrogens is 430 g/mol. The van der Waals surface area contributed by atoms with Gasteiger partial charge in [0.05, 0.1) is 4.90 Å². The number of thioether (sulfide) groups is 1. The highest BCUT2D eigenvalue weighted by atomic mass is 32.2. The summed E-state index contributed by atoms with van der Waals surface area (Å²) in [6.07, 6.45) is 1.33. The molecule has 0 saturated carbocycles. The smallest absolute Gasteiger partial charge is 0.317 e. The Kier molecular flexibility index (Phi) is 7.29. The highest BCUT2D eigenvalue weighted by Crippen LogP contribution is 2.17. The molecule has 2 heterocycles. The molecule has 1 fully saturated rings. The van der Waals surface area contributed by atoms with Crippen molar-refractivity contribution in [3.63, 3.8) is 0 Å². The molecule has 30 heavy (non-hydrogen) atoms. The fraction of sp³-hybridized carbons (Fsp3) is 0.316. The topological polar surface area (TPSA) is 111 Å². The molecule has 2 aromatic rings. The molecule has 0 radical (unpaired) electrons. The second-order valence-corrected chi connectivity index (χ2v) is 9.35. The van der Waals surface area contributed by atoms with Crippen LogP contribution in [0.2, 0.25) is 0 Å². The molecule has 1 aromatic heterocycles. The van der Waals surface area contributed by atoms with Crippen molar-refractivity contribution < 1.29 is 27.5 Å². The number of sulfonamides is 1. The second kappa shape index (κ2) is 9.92. The normalized spacial score (nSPS) is 15.0. The molecule has 3 rings (SSSR count). The van der Waals surface area contributed by atoms with E-state index in [1.54, 1.807) is 36.4 Å². The summed E-state index contributed by atoms with van der Waals surface area (Å²) in [5.41, 5.74) is 0. The van der Waals surface area contributed by atoms with Crippen molar-refractivity contribution in [2.45, 2.75) is 9.92 Å². The number of carbonyl (C=O) groups is 2. The molecule has 0 aliphatic carbocycles. The molecule has 1 aromatic carbocycles. The molecule has 0 atom stereocenters. The molecule has 1 amide bonds. The molecule has 9 nitrogen and oxygen atoms in total. The first-order valence-electron chi connectivity index (χ1n) is 9.17. The van der Waals surface area contributed by atoms with Gasteiger partial charge in [-0.2, -0.15) is 9.04 Å². The molecule has 160 valence electrons. The van der Waals surface area contributed by atoms with Gasteiger partial charge in [-0.1, -0.05) is 18.2 Å². The third kappa shape index (κ3) is 5.49. The summed E-state index contributed by atoms with van der Waals surface area (Å²) in [7, 11) is -3.59. The molecule has 0 unspecified atom stereocenters. The molecule has 0 bridgehead atoms. The third-order valence-electron chi connectivity index (χ3n) is 4.46. The lowest BCUT2D eigenvalue weighted by Crippen LogP contribution is -2.51. The number of pyridine rings is 1. The van der Waals surface area contributed by atoms with E-state index in [1.807, 2.05) is 0 Å². The van der Waals surface area contributed by atoms with Crippen LogP contribution in [0, 0.1) is 5.21 Å². The van der Waals surface area contributed by atoms with Crippen LogP contribution in [0.4, 0.5) is 0 Å². The number of esters is 1. The first-order chi connectivity index (χ1) is 14.4. The maximum absolute atomic E-state index is 12.6. The van der Waals surface area contributed by atoms with Crippen molar-refractivity contribution in [3.8, 4) is 0 Å². The van der Waals surface area contributed by atoms with E-state index in [1.165, 1.54) is 27.5 Å². The maximum atomic E-state index is 12.6. The van der Waals surface area contributed by atoms with Crippen LogP contribution in [0.5, 0.6) is 0 Å². The Balaban J connectivity index is 1.43. The predicted molar refractivity (Wildman–Crippen MR) is 109 cm³/mol. The number of amides is 1. The molecule has 11 heteroatoms. The number of piperazine rings is 1. The average molecular weight is 452 g/mol. The number of hydrogen-bond donors (Lipinski definition) is 0. The van der Waals surface area contributed by atoms with Crippen LogP contribution in [-0.4, -0.2) is 68.0 Å². The molecular formula is C19H21N3O6S2. The molecule has 0 N–H and O–H groups in total. The van der Waals surface area contributed by atoms with Crippen LogP contribution < -0.4 is 4.73 Å². The SMILES string of the molecule is O=C(CSc1cccc[n+]1[O-])OCC(=O)N1CCN(S(=O)(=O)c2ccccc2)CC1. The predicted octanol–water partition coefficient (Wildman–Crippen LogP) is 0.488. The average Bonchev–Trinajstić information content (AvgIpc) is 2.77. The minimum Gasteiger partial charge on any atom is -0.618 e. The molecule has 0 spiro atoms. The summed E-state index contributed by atoms with van der Waals surface area (Å²) in [5.74, 6) is -1.09. The fourth-order valence-electron chi connectivity index (χ4n) is 2.85. The minimum atomic E-state index is -3.59. The van der Waals surface area contributed by atoms with E-state index in [-0.39, 0.29) is 42.7 Å². The van der Waals surface area contributed by atoms with Gasteiger partial charge in [0.25, 0.3) is 10.9 Å². The Hall–Kier alpha value is -2.63. The van der Waals surface area contributed by atoms with Crippen LogP contribution in [0.3, 0.4) is 0 Å². The van der Waals surface area contributed by atoms with Crippen LogP contribution >= 0.6 is 11.8 Å². The summed E-state index contributed by atoms with van der Waals surface area (Å²) >= 11 is 1.02. The van der Waals surface area contributed by atoms with E-state index >= 15 is 0 Å². The van der Waals surface area contributed by atoms with E-state index in [2.05, 4.69) is 0 Å². The first kappa shape index (κ1) is 22.1. The monoisotopic (exact) mass is 451 g/mol. The van der Waals surface area contributed by atoms with Crippen molar-refractivity contribution in [1.82, 2.24) is 9.21 Å². The highest BCUT2D eigenvalue weighted by Gasteiger charge is 2.30. The summed E-state index contributed by atoms with van der Waals surface area (Å²) < 4.78 is 32.2. The van der Waals surface area contributed by atoms with Gasteiger partial charge in [-0.25, -0.2) is 8.42 Å². The molecule has 1 saturated heterocycles. The van der Waals surface area contributed by atoms with Gasteiger partial charge in [0, 0.05) is 38.3 Å². The van der Waals surface area contributed by atoms with Crippen molar-refractivity contribution in [1.29, 1.82) is 0 Å². The van der Waals surface area contributed by atoms with Gasteiger partial charge in [0.15, 0.2) is 12.8 Å². The van der Waals surface area contributed by atoms with Gasteiger partial charge in [-0.15, -0.1) is 0 Å². The summed E-state index contributed by atoms with van der Waals surface area (Å²) in [6, 6.07) is 13.0. The summed E-state index contributed by atoms with van der Waals surface area (Å²) in [4.78, 5) is 25.8. The van der Waals surface area contributed by atoms with E-state index in [4.69, 9.17) is 4.74 Å². The van der Waals surface area contributed by atoms with Crippen molar-refractivity contribution in [2.75, 3.05) is 38.5 Å². The standard InChI is InChI=1S/C19H21N3O6S2/c23-17(14-28-19(24)15-29-18-8-4-5-9-22(18)25)20-10-12-21(13-11-20)30(26,27)16-6-2-1-3-7-16/h1-9H,10-15H2. The maximum Gasteiger partial charge on any atom is 0.317 e. The number of carbonyl (C=O) groups excluding carboxylic acids is 2. The quantitative estimate of drug-likeness (QED) is 0.261. The van der Waals surface area contributed by atoms with Crippen molar-refractivity contribution >= 4 is 33.7 Å². The van der Waals surface area contributed by atoms with Gasteiger partial charge in [0.1, 0.15) is 5.75 Å². The Morgan fingerprint density at radius 3 is 2.37 bits per heavy atom. The fourth-order valence-corrected chi connectivity index (χ4v) is 5.01. The lowest BCUT2D eigenvalue weighted by atomic mass is 10.3. The lowest BCUT2D eigenvalue weighted by molar-refractivity contribution is -0.645. The van der Waals surface area contributed by atoms with E-state index < -0.39 is 22.6 Å². The first-order valence-corrected chi connectivity index (χ1v) is 11.6. The minimum absolute atomic E-state index is 0.0946. The third-order valence-corrected chi connectivity index (χ3v) is 7.36. The second-order valence-electron chi connectivity index (χ2n) is 6.41. The van der Waals surface area contributed by atoms with Gasteiger partial charge in [-0.3, -0.25) is 9.59 Å².